The number of fused-ring (bicyclic) bond motifs is 1. The van der Waals surface area contributed by atoms with E-state index in [1.165, 1.54) is 0 Å². The Labute approximate surface area is 168 Å². The van der Waals surface area contributed by atoms with Gasteiger partial charge in [0.25, 0.3) is 5.91 Å². The predicted octanol–water partition coefficient (Wildman–Crippen LogP) is 4.21. The third kappa shape index (κ3) is 4.30. The second-order valence-electron chi connectivity index (χ2n) is 6.71. The molecule has 4 rings (SSSR count). The summed E-state index contributed by atoms with van der Waals surface area (Å²) in [6.07, 6.45) is 3.45. The number of nitrogens with one attached hydrogen (secondary N) is 2. The number of para-hydroxylation sites is 1. The number of carbonyl (C=O) groups is 1. The van der Waals surface area contributed by atoms with E-state index in [0.29, 0.717) is 17.3 Å². The minimum atomic E-state index is -0.0389. The van der Waals surface area contributed by atoms with Gasteiger partial charge in [0, 0.05) is 36.9 Å². The molecule has 0 aliphatic rings. The first kappa shape index (κ1) is 18.4. The Balaban J connectivity index is 1.49. The maximum absolute atomic E-state index is 12.0. The van der Waals surface area contributed by atoms with Gasteiger partial charge in [-0.15, -0.1) is 0 Å². The fourth-order valence-electron chi connectivity index (χ4n) is 2.86. The van der Waals surface area contributed by atoms with E-state index in [-0.39, 0.29) is 5.91 Å². The molecular formula is C22H20N6O. The number of benzene rings is 2. The third-order valence-electron chi connectivity index (χ3n) is 4.31. The van der Waals surface area contributed by atoms with E-state index < -0.39 is 0 Å². The lowest BCUT2D eigenvalue weighted by molar-refractivity contribution is 0.0827. The first-order chi connectivity index (χ1) is 14.1. The highest BCUT2D eigenvalue weighted by Gasteiger charge is 2.08. The van der Waals surface area contributed by atoms with Crippen molar-refractivity contribution in [3.05, 3.63) is 78.6 Å². The summed E-state index contributed by atoms with van der Waals surface area (Å²) in [5.41, 5.74) is 3.21. The van der Waals surface area contributed by atoms with Gasteiger partial charge < -0.3 is 15.5 Å². The Morgan fingerprint density at radius 1 is 0.897 bits per heavy atom. The number of nitrogens with zero attached hydrogens (tertiary/aromatic N) is 4. The van der Waals surface area contributed by atoms with Gasteiger partial charge in [0.05, 0.1) is 17.4 Å². The van der Waals surface area contributed by atoms with Gasteiger partial charge >= 0.3 is 0 Å². The van der Waals surface area contributed by atoms with Crippen molar-refractivity contribution in [3.8, 4) is 0 Å². The van der Waals surface area contributed by atoms with Crippen molar-refractivity contribution in [1.82, 2.24) is 19.9 Å². The maximum atomic E-state index is 12.0. The Bertz CT molecular complexity index is 1160. The van der Waals surface area contributed by atoms with Crippen molar-refractivity contribution < 1.29 is 4.79 Å². The lowest BCUT2D eigenvalue weighted by Crippen LogP contribution is -2.21. The van der Waals surface area contributed by atoms with E-state index in [9.17, 15) is 4.79 Å². The van der Waals surface area contributed by atoms with E-state index in [1.807, 2.05) is 42.5 Å². The molecule has 0 aliphatic heterocycles. The van der Waals surface area contributed by atoms with Crippen LogP contribution in [0.15, 0.2) is 73.1 Å². The molecule has 144 valence electrons. The highest BCUT2D eigenvalue weighted by molar-refractivity contribution is 5.94. The Kier molecular flexibility index (Phi) is 5.03. The minimum Gasteiger partial charge on any atom is -0.345 e. The Morgan fingerprint density at radius 3 is 2.48 bits per heavy atom. The molecule has 7 nitrogen and oxygen atoms in total. The summed E-state index contributed by atoms with van der Waals surface area (Å²) in [7, 11) is 3.46. The fraction of sp³-hybridized carbons (Fsp3) is 0.0909. The first-order valence-electron chi connectivity index (χ1n) is 9.12. The van der Waals surface area contributed by atoms with Crippen LogP contribution in [-0.4, -0.2) is 39.9 Å². The second-order valence-corrected chi connectivity index (χ2v) is 6.71. The van der Waals surface area contributed by atoms with Gasteiger partial charge in [-0.1, -0.05) is 18.2 Å². The average Bonchev–Trinajstić information content (AvgIpc) is 2.74. The average molecular weight is 384 g/mol. The standard InChI is InChI=1S/C22H20N6O/c1-28(2)21(29)15-7-9-17(10-8-15)26-22-23-12-11-20(27-22)25-18-13-16-5-3-4-6-19(16)24-14-18/h3-14H,1-2H3,(H2,23,25,26,27). The third-order valence-corrected chi connectivity index (χ3v) is 4.31. The molecule has 0 bridgehead atoms. The SMILES string of the molecule is CN(C)C(=O)c1ccc(Nc2nccc(Nc3cnc4ccccc4c3)n2)cc1. The molecule has 0 fully saturated rings. The lowest BCUT2D eigenvalue weighted by atomic mass is 10.2. The molecule has 2 N–H and O–H groups in total. The fourth-order valence-corrected chi connectivity index (χ4v) is 2.86. The highest BCUT2D eigenvalue weighted by atomic mass is 16.2. The van der Waals surface area contributed by atoms with E-state index in [4.69, 9.17) is 0 Å². The minimum absolute atomic E-state index is 0.0389. The number of pyridine rings is 1. The zero-order chi connectivity index (χ0) is 20.2. The summed E-state index contributed by atoms with van der Waals surface area (Å²) in [5, 5.41) is 7.46. The molecule has 0 saturated carbocycles. The van der Waals surface area contributed by atoms with Crippen molar-refractivity contribution in [1.29, 1.82) is 0 Å². The molecule has 0 radical (unpaired) electrons. The van der Waals surface area contributed by atoms with Gasteiger partial charge in [0.1, 0.15) is 5.82 Å². The molecule has 0 spiro atoms. The summed E-state index contributed by atoms with van der Waals surface area (Å²) >= 11 is 0. The van der Waals surface area contributed by atoms with E-state index in [0.717, 1.165) is 22.3 Å². The molecule has 2 heterocycles. The molecule has 2 aromatic carbocycles. The second kappa shape index (κ2) is 7.93. The van der Waals surface area contributed by atoms with Crippen LogP contribution in [0.1, 0.15) is 10.4 Å². The summed E-state index contributed by atoms with van der Waals surface area (Å²) in [4.78, 5) is 26.7. The molecule has 1 amide bonds. The molecule has 2 aromatic heterocycles. The Hall–Kier alpha value is -4.00. The molecular weight excluding hydrogens is 364 g/mol. The number of anilines is 4. The smallest absolute Gasteiger partial charge is 0.253 e. The molecule has 4 aromatic rings. The Morgan fingerprint density at radius 2 is 1.69 bits per heavy atom. The topological polar surface area (TPSA) is 83.0 Å². The maximum Gasteiger partial charge on any atom is 0.253 e. The predicted molar refractivity (Wildman–Crippen MR) is 115 cm³/mol. The van der Waals surface area contributed by atoms with Crippen molar-refractivity contribution in [3.63, 3.8) is 0 Å². The zero-order valence-corrected chi connectivity index (χ0v) is 16.1. The first-order valence-corrected chi connectivity index (χ1v) is 9.12. The highest BCUT2D eigenvalue weighted by Crippen LogP contribution is 2.21. The van der Waals surface area contributed by atoms with E-state index >= 15 is 0 Å². The van der Waals surface area contributed by atoms with Crippen LogP contribution in [0.25, 0.3) is 10.9 Å². The van der Waals surface area contributed by atoms with Gasteiger partial charge in [-0.3, -0.25) is 9.78 Å². The molecule has 0 unspecified atom stereocenters. The van der Waals surface area contributed by atoms with Crippen LogP contribution < -0.4 is 10.6 Å². The van der Waals surface area contributed by atoms with Crippen LogP contribution in [0.5, 0.6) is 0 Å². The zero-order valence-electron chi connectivity index (χ0n) is 16.1. The van der Waals surface area contributed by atoms with E-state index in [1.54, 1.807) is 49.6 Å². The van der Waals surface area contributed by atoms with Crippen molar-refractivity contribution in [2.24, 2.45) is 0 Å². The normalized spacial score (nSPS) is 10.6. The summed E-state index contributed by atoms with van der Waals surface area (Å²) in [6, 6.07) is 19.0. The van der Waals surface area contributed by atoms with Gasteiger partial charge in [0.2, 0.25) is 5.95 Å². The van der Waals surface area contributed by atoms with Gasteiger partial charge in [-0.25, -0.2) is 4.98 Å². The molecule has 0 saturated heterocycles. The number of rotatable bonds is 5. The molecule has 29 heavy (non-hydrogen) atoms. The molecule has 7 heteroatoms. The van der Waals surface area contributed by atoms with Gasteiger partial charge in [-0.2, -0.15) is 4.98 Å². The van der Waals surface area contributed by atoms with Crippen LogP contribution in [0.3, 0.4) is 0 Å². The number of amides is 1. The largest absolute Gasteiger partial charge is 0.345 e. The quantitative estimate of drug-likeness (QED) is 0.536. The number of hydrogen-bond acceptors (Lipinski definition) is 6. The van der Waals surface area contributed by atoms with Crippen LogP contribution in [0, 0.1) is 0 Å². The van der Waals surface area contributed by atoms with Crippen LogP contribution >= 0.6 is 0 Å². The number of aromatic nitrogens is 3. The summed E-state index contributed by atoms with van der Waals surface area (Å²) in [5.74, 6) is 1.07. The van der Waals surface area contributed by atoms with Crippen LogP contribution in [0.2, 0.25) is 0 Å². The van der Waals surface area contributed by atoms with Gasteiger partial charge in [0.15, 0.2) is 0 Å². The van der Waals surface area contributed by atoms with Crippen LogP contribution in [0.4, 0.5) is 23.1 Å². The molecule has 0 atom stereocenters. The van der Waals surface area contributed by atoms with Crippen LogP contribution in [-0.2, 0) is 0 Å². The van der Waals surface area contributed by atoms with E-state index in [2.05, 4.69) is 25.6 Å². The molecule has 0 aliphatic carbocycles. The van der Waals surface area contributed by atoms with Gasteiger partial charge in [-0.05, 0) is 42.5 Å². The van der Waals surface area contributed by atoms with Crippen molar-refractivity contribution >= 4 is 40.0 Å². The van der Waals surface area contributed by atoms with Crippen molar-refractivity contribution in [2.45, 2.75) is 0 Å². The number of hydrogen-bond donors (Lipinski definition) is 2. The number of carbonyl (C=O) groups excluding carboxylic acids is 1. The monoisotopic (exact) mass is 384 g/mol. The van der Waals surface area contributed by atoms with Crippen molar-refractivity contribution in [2.75, 3.05) is 24.7 Å². The summed E-state index contributed by atoms with van der Waals surface area (Å²) < 4.78 is 0. The summed E-state index contributed by atoms with van der Waals surface area (Å²) in [6.45, 7) is 0. The lowest BCUT2D eigenvalue weighted by Gasteiger charge is -2.11.